The zero-order valence-corrected chi connectivity index (χ0v) is 14.8. The number of carboxylic acids is 2. The lowest BCUT2D eigenvalue weighted by Gasteiger charge is -2.43. The van der Waals surface area contributed by atoms with Crippen molar-refractivity contribution in [3.05, 3.63) is 23.8 Å². The van der Waals surface area contributed by atoms with E-state index in [1.807, 2.05) is 23.4 Å². The van der Waals surface area contributed by atoms with Gasteiger partial charge in [-0.1, -0.05) is 13.3 Å². The van der Waals surface area contributed by atoms with Gasteiger partial charge in [0.15, 0.2) is 0 Å². The van der Waals surface area contributed by atoms with Gasteiger partial charge in [0, 0.05) is 20.1 Å². The van der Waals surface area contributed by atoms with Crippen LogP contribution in [0.4, 0.5) is 5.95 Å². The van der Waals surface area contributed by atoms with Crippen molar-refractivity contribution in [2.24, 2.45) is 12.5 Å². The number of nitrogens with zero attached hydrogens (tertiary/aromatic N) is 3. The van der Waals surface area contributed by atoms with E-state index in [-0.39, 0.29) is 12.1 Å². The number of piperidine rings is 1. The van der Waals surface area contributed by atoms with E-state index in [9.17, 15) is 19.8 Å². The Morgan fingerprint density at radius 2 is 2.08 bits per heavy atom. The summed E-state index contributed by atoms with van der Waals surface area (Å²) in [6.07, 6.45) is 0.458. The Hall–Kier alpha value is -2.61. The molecule has 0 bridgehead atoms. The first-order chi connectivity index (χ1) is 12.3. The van der Waals surface area contributed by atoms with Crippen molar-refractivity contribution in [1.29, 1.82) is 0 Å². The van der Waals surface area contributed by atoms with Crippen LogP contribution < -0.4 is 4.90 Å². The zero-order valence-electron chi connectivity index (χ0n) is 14.8. The standard InChI is InChI=1S/C18H23N3O5/c1-3-6-18(16(25)26)7-8-21(10-14(18)22)17-19-12-9-11(15(23)24)4-5-13(12)20(17)2/h4-5,9,14,22H,3,6-8,10H2,1-2H3,(H,23,24)(H,25,26)/t14-,18-/m0/s1. The largest absolute Gasteiger partial charge is 0.481 e. The number of benzene rings is 1. The van der Waals surface area contributed by atoms with Gasteiger partial charge in [-0.25, -0.2) is 9.78 Å². The van der Waals surface area contributed by atoms with Crippen molar-refractivity contribution in [1.82, 2.24) is 9.55 Å². The second-order valence-electron chi connectivity index (χ2n) is 6.90. The molecule has 1 aliphatic rings. The number of aromatic nitrogens is 2. The summed E-state index contributed by atoms with van der Waals surface area (Å²) in [5.41, 5.74) is 0.379. The van der Waals surface area contributed by atoms with Crippen molar-refractivity contribution in [2.45, 2.75) is 32.3 Å². The second-order valence-corrected chi connectivity index (χ2v) is 6.90. The van der Waals surface area contributed by atoms with Crippen molar-refractivity contribution < 1.29 is 24.9 Å². The van der Waals surface area contributed by atoms with Gasteiger partial charge in [-0.05, 0) is 31.0 Å². The van der Waals surface area contributed by atoms with Crippen molar-refractivity contribution >= 4 is 28.9 Å². The monoisotopic (exact) mass is 361 g/mol. The topological polar surface area (TPSA) is 116 Å². The van der Waals surface area contributed by atoms with Crippen LogP contribution >= 0.6 is 0 Å². The maximum Gasteiger partial charge on any atom is 0.335 e. The Morgan fingerprint density at radius 3 is 2.65 bits per heavy atom. The van der Waals surface area contributed by atoms with Crippen molar-refractivity contribution in [2.75, 3.05) is 18.0 Å². The van der Waals surface area contributed by atoms with Crippen LogP contribution in [-0.4, -0.2) is 56.0 Å². The molecule has 1 aromatic heterocycles. The highest BCUT2D eigenvalue weighted by Crippen LogP contribution is 2.38. The summed E-state index contributed by atoms with van der Waals surface area (Å²) in [5.74, 6) is -1.38. The first-order valence-corrected chi connectivity index (χ1v) is 8.66. The van der Waals surface area contributed by atoms with Crippen LogP contribution in [0.3, 0.4) is 0 Å². The van der Waals surface area contributed by atoms with Gasteiger partial charge in [0.1, 0.15) is 0 Å². The Kier molecular flexibility index (Phi) is 4.62. The Labute approximate surface area is 150 Å². The number of aliphatic carboxylic acids is 1. The summed E-state index contributed by atoms with van der Waals surface area (Å²) in [4.78, 5) is 29.3. The van der Waals surface area contributed by atoms with Crippen LogP contribution in [0.2, 0.25) is 0 Å². The normalized spacial score (nSPS) is 23.3. The highest BCUT2D eigenvalue weighted by Gasteiger charge is 2.48. The number of carboxylic acid groups (broad SMARTS) is 2. The van der Waals surface area contributed by atoms with Gasteiger partial charge in [-0.3, -0.25) is 4.79 Å². The highest BCUT2D eigenvalue weighted by atomic mass is 16.4. The van der Waals surface area contributed by atoms with Crippen LogP contribution in [0.25, 0.3) is 11.0 Å². The van der Waals surface area contributed by atoms with Crippen molar-refractivity contribution in [3.63, 3.8) is 0 Å². The lowest BCUT2D eigenvalue weighted by Crippen LogP contribution is -2.55. The second kappa shape index (κ2) is 6.60. The molecule has 8 nitrogen and oxygen atoms in total. The molecule has 2 aromatic rings. The molecule has 2 atom stereocenters. The molecular formula is C18H23N3O5. The number of carbonyl (C=O) groups is 2. The van der Waals surface area contributed by atoms with Crippen molar-refractivity contribution in [3.8, 4) is 0 Å². The van der Waals surface area contributed by atoms with Crippen LogP contribution in [0.15, 0.2) is 18.2 Å². The average molecular weight is 361 g/mol. The molecule has 1 aliphatic heterocycles. The maximum absolute atomic E-state index is 11.8. The van der Waals surface area contributed by atoms with Gasteiger partial charge < -0.3 is 24.8 Å². The highest BCUT2D eigenvalue weighted by molar-refractivity contribution is 5.93. The smallest absolute Gasteiger partial charge is 0.335 e. The number of hydrogen-bond acceptors (Lipinski definition) is 5. The van der Waals surface area contributed by atoms with Crippen LogP contribution in [-0.2, 0) is 11.8 Å². The Morgan fingerprint density at radius 1 is 1.35 bits per heavy atom. The van der Waals surface area contributed by atoms with Crippen LogP contribution in [0, 0.1) is 5.41 Å². The quantitative estimate of drug-likeness (QED) is 0.742. The Balaban J connectivity index is 1.92. The fourth-order valence-electron chi connectivity index (χ4n) is 3.85. The third-order valence-electron chi connectivity index (χ3n) is 5.37. The SMILES string of the molecule is CCC[C@]1(C(=O)O)CCN(c2nc3cc(C(=O)O)ccc3n2C)C[C@@H]1O. The minimum Gasteiger partial charge on any atom is -0.481 e. The summed E-state index contributed by atoms with van der Waals surface area (Å²) in [5, 5.41) is 29.4. The number of rotatable bonds is 5. The number of aliphatic hydroxyl groups excluding tert-OH is 1. The Bertz CT molecular complexity index is 862. The molecule has 3 N–H and O–H groups in total. The maximum atomic E-state index is 11.8. The molecular weight excluding hydrogens is 338 g/mol. The lowest BCUT2D eigenvalue weighted by molar-refractivity contribution is -0.159. The summed E-state index contributed by atoms with van der Waals surface area (Å²) >= 11 is 0. The van der Waals surface area contributed by atoms with E-state index >= 15 is 0 Å². The molecule has 0 radical (unpaired) electrons. The summed E-state index contributed by atoms with van der Waals surface area (Å²) in [6.45, 7) is 2.55. The van der Waals surface area contributed by atoms with Gasteiger partial charge in [0.2, 0.25) is 5.95 Å². The molecule has 1 fully saturated rings. The van der Waals surface area contributed by atoms with Gasteiger partial charge in [0.25, 0.3) is 0 Å². The van der Waals surface area contributed by atoms with E-state index < -0.39 is 23.5 Å². The first-order valence-electron chi connectivity index (χ1n) is 8.66. The molecule has 1 saturated heterocycles. The zero-order chi connectivity index (χ0) is 19.1. The molecule has 0 spiro atoms. The van der Waals surface area contributed by atoms with E-state index in [4.69, 9.17) is 5.11 Å². The first kappa shape index (κ1) is 18.2. The summed E-state index contributed by atoms with van der Waals surface area (Å²) in [6, 6.07) is 4.74. The molecule has 26 heavy (non-hydrogen) atoms. The van der Waals surface area contributed by atoms with E-state index in [1.54, 1.807) is 6.07 Å². The molecule has 0 saturated carbocycles. The van der Waals surface area contributed by atoms with Gasteiger partial charge in [-0.15, -0.1) is 0 Å². The fourth-order valence-corrected chi connectivity index (χ4v) is 3.85. The van der Waals surface area contributed by atoms with E-state index in [1.165, 1.54) is 12.1 Å². The number of fused-ring (bicyclic) bond motifs is 1. The predicted octanol–water partition coefficient (Wildman–Crippen LogP) is 1.71. The number of anilines is 1. The number of aryl methyl sites for hydroxylation is 1. The van der Waals surface area contributed by atoms with E-state index in [0.717, 1.165) is 5.52 Å². The number of aliphatic hydroxyl groups is 1. The molecule has 3 rings (SSSR count). The molecule has 0 unspecified atom stereocenters. The minimum atomic E-state index is -1.12. The van der Waals surface area contributed by atoms with E-state index in [0.29, 0.717) is 37.3 Å². The van der Waals surface area contributed by atoms with E-state index in [2.05, 4.69) is 4.98 Å². The lowest BCUT2D eigenvalue weighted by atomic mass is 9.73. The van der Waals surface area contributed by atoms with Crippen LogP contribution in [0.5, 0.6) is 0 Å². The number of imidazole rings is 1. The number of aromatic carboxylic acids is 1. The summed E-state index contributed by atoms with van der Waals surface area (Å²) in [7, 11) is 1.82. The molecule has 0 aliphatic carbocycles. The molecule has 0 amide bonds. The fraction of sp³-hybridized carbons (Fsp3) is 0.500. The minimum absolute atomic E-state index is 0.161. The van der Waals surface area contributed by atoms with Gasteiger partial charge in [0.05, 0.1) is 28.1 Å². The van der Waals surface area contributed by atoms with Gasteiger partial charge in [-0.2, -0.15) is 0 Å². The molecule has 2 heterocycles. The molecule has 8 heteroatoms. The summed E-state index contributed by atoms with van der Waals surface area (Å²) < 4.78 is 1.83. The molecule has 140 valence electrons. The third kappa shape index (κ3) is 2.80. The molecule has 1 aromatic carbocycles. The average Bonchev–Trinajstić information content (AvgIpc) is 2.93. The number of β-amino-alcohol motifs (C(OH)–C–C–N with tert-alkyl or cyclic N) is 1. The van der Waals surface area contributed by atoms with Gasteiger partial charge >= 0.3 is 11.9 Å². The third-order valence-corrected chi connectivity index (χ3v) is 5.37. The van der Waals surface area contributed by atoms with Crippen LogP contribution in [0.1, 0.15) is 36.5 Å². The predicted molar refractivity (Wildman–Crippen MR) is 95.5 cm³/mol. The number of hydrogen-bond donors (Lipinski definition) is 3.